The maximum absolute atomic E-state index is 11.4. The van der Waals surface area contributed by atoms with Gasteiger partial charge < -0.3 is 13.9 Å². The average molecular weight is 241 g/mol. The smallest absolute Gasteiger partial charge is 0.338 e. The highest BCUT2D eigenvalue weighted by Crippen LogP contribution is 2.30. The zero-order valence-electron chi connectivity index (χ0n) is 9.75. The Morgan fingerprint density at radius 2 is 2.11 bits per heavy atom. The summed E-state index contributed by atoms with van der Waals surface area (Å²) in [5.74, 6) is 0.387. The van der Waals surface area contributed by atoms with Crippen molar-refractivity contribution in [3.8, 4) is 11.3 Å². The van der Waals surface area contributed by atoms with Crippen LogP contribution in [0, 0.1) is 6.92 Å². The van der Waals surface area contributed by atoms with E-state index in [1.807, 2.05) is 31.3 Å². The zero-order chi connectivity index (χ0) is 12.7. The fourth-order valence-corrected chi connectivity index (χ4v) is 2.11. The lowest BCUT2D eigenvalue weighted by molar-refractivity contribution is 0.0699. The highest BCUT2D eigenvalue weighted by atomic mass is 16.4. The molecular formula is C14H11NO3. The van der Waals surface area contributed by atoms with Gasteiger partial charge in [0.05, 0.1) is 16.6 Å². The molecule has 3 heterocycles. The summed E-state index contributed by atoms with van der Waals surface area (Å²) in [6, 6.07) is 9.07. The summed E-state index contributed by atoms with van der Waals surface area (Å²) >= 11 is 0. The van der Waals surface area contributed by atoms with Crippen molar-refractivity contribution in [2.24, 2.45) is 0 Å². The van der Waals surface area contributed by atoms with Gasteiger partial charge in [-0.3, -0.25) is 0 Å². The summed E-state index contributed by atoms with van der Waals surface area (Å²) in [5.41, 5.74) is 1.53. The van der Waals surface area contributed by atoms with Crippen molar-refractivity contribution < 1.29 is 14.3 Å². The Morgan fingerprint density at radius 1 is 1.28 bits per heavy atom. The number of carboxylic acids is 1. The monoisotopic (exact) mass is 241 g/mol. The maximum Gasteiger partial charge on any atom is 0.338 e. The van der Waals surface area contributed by atoms with E-state index in [9.17, 15) is 9.90 Å². The van der Waals surface area contributed by atoms with Crippen molar-refractivity contribution in [3.63, 3.8) is 0 Å². The first kappa shape index (κ1) is 10.7. The van der Waals surface area contributed by atoms with Gasteiger partial charge in [-0.05, 0) is 31.2 Å². The van der Waals surface area contributed by atoms with E-state index in [0.29, 0.717) is 16.8 Å². The van der Waals surface area contributed by atoms with Crippen LogP contribution in [-0.4, -0.2) is 15.5 Å². The number of carboxylic acid groups (broad SMARTS) is 1. The van der Waals surface area contributed by atoms with Crippen LogP contribution in [-0.2, 0) is 0 Å². The first-order valence-corrected chi connectivity index (χ1v) is 5.56. The number of carbonyl (C=O) groups is 1. The molecule has 0 atom stereocenters. The molecule has 18 heavy (non-hydrogen) atoms. The van der Waals surface area contributed by atoms with Crippen LogP contribution < -0.4 is 0 Å². The van der Waals surface area contributed by atoms with Gasteiger partial charge in [-0.2, -0.15) is 0 Å². The Morgan fingerprint density at radius 3 is 2.78 bits per heavy atom. The molecule has 0 saturated heterocycles. The van der Waals surface area contributed by atoms with E-state index in [0.717, 1.165) is 5.76 Å². The number of rotatable bonds is 2. The van der Waals surface area contributed by atoms with Crippen LogP contribution in [0.4, 0.5) is 0 Å². The van der Waals surface area contributed by atoms with Gasteiger partial charge in [0, 0.05) is 12.4 Å². The van der Waals surface area contributed by atoms with Crippen LogP contribution in [0.1, 0.15) is 16.1 Å². The summed E-state index contributed by atoms with van der Waals surface area (Å²) in [7, 11) is 0. The first-order chi connectivity index (χ1) is 8.66. The summed E-state index contributed by atoms with van der Waals surface area (Å²) in [6.45, 7) is 1.83. The van der Waals surface area contributed by atoms with Crippen LogP contribution in [0.25, 0.3) is 16.8 Å². The Labute approximate surface area is 103 Å². The number of pyridine rings is 1. The van der Waals surface area contributed by atoms with Crippen molar-refractivity contribution in [2.45, 2.75) is 6.92 Å². The van der Waals surface area contributed by atoms with Gasteiger partial charge in [0.15, 0.2) is 0 Å². The maximum atomic E-state index is 11.4. The molecule has 0 bridgehead atoms. The number of aromatic carboxylic acids is 1. The third-order valence-corrected chi connectivity index (χ3v) is 2.90. The highest BCUT2D eigenvalue weighted by Gasteiger charge is 2.19. The standard InChI is InChI=1S/C14H11NO3/c1-9-5-6-12(18-9)10-8-15-7-3-2-4-11(15)13(10)14(16)17/h2-8H,1H3,(H,16,17). The van der Waals surface area contributed by atoms with Gasteiger partial charge in [0.25, 0.3) is 0 Å². The Bertz CT molecular complexity index is 736. The molecule has 4 heteroatoms. The number of nitrogens with zero attached hydrogens (tertiary/aromatic N) is 1. The summed E-state index contributed by atoms with van der Waals surface area (Å²) < 4.78 is 7.30. The Hall–Kier alpha value is -2.49. The van der Waals surface area contributed by atoms with E-state index in [2.05, 4.69) is 0 Å². The molecule has 0 aromatic carbocycles. The molecule has 0 aliphatic carbocycles. The largest absolute Gasteiger partial charge is 0.478 e. The molecular weight excluding hydrogens is 230 g/mol. The summed E-state index contributed by atoms with van der Waals surface area (Å²) in [6.07, 6.45) is 3.60. The minimum atomic E-state index is -0.951. The Balaban J connectivity index is 2.34. The predicted molar refractivity (Wildman–Crippen MR) is 66.8 cm³/mol. The Kier molecular flexibility index (Phi) is 2.23. The number of aryl methyl sites for hydroxylation is 1. The van der Waals surface area contributed by atoms with Crippen LogP contribution in [0.15, 0.2) is 47.1 Å². The van der Waals surface area contributed by atoms with E-state index < -0.39 is 5.97 Å². The molecule has 1 N–H and O–H groups in total. The van der Waals surface area contributed by atoms with Gasteiger partial charge in [-0.15, -0.1) is 0 Å². The van der Waals surface area contributed by atoms with Crippen molar-refractivity contribution in [2.75, 3.05) is 0 Å². The van der Waals surface area contributed by atoms with E-state index in [4.69, 9.17) is 4.42 Å². The third-order valence-electron chi connectivity index (χ3n) is 2.90. The van der Waals surface area contributed by atoms with Gasteiger partial charge >= 0.3 is 5.97 Å². The second kappa shape index (κ2) is 3.77. The normalized spacial score (nSPS) is 10.9. The SMILES string of the molecule is Cc1ccc(-c2cn3ccccc3c2C(=O)O)o1. The predicted octanol–water partition coefficient (Wildman–Crippen LogP) is 3.21. The second-order valence-electron chi connectivity index (χ2n) is 4.13. The zero-order valence-corrected chi connectivity index (χ0v) is 9.75. The highest BCUT2D eigenvalue weighted by molar-refractivity contribution is 6.03. The molecule has 0 aliphatic rings. The topological polar surface area (TPSA) is 54.9 Å². The second-order valence-corrected chi connectivity index (χ2v) is 4.13. The summed E-state index contributed by atoms with van der Waals surface area (Å²) in [4.78, 5) is 11.4. The molecule has 3 rings (SSSR count). The molecule has 0 amide bonds. The van der Waals surface area contributed by atoms with Crippen LogP contribution in [0.3, 0.4) is 0 Å². The van der Waals surface area contributed by atoms with Crippen molar-refractivity contribution >= 4 is 11.5 Å². The number of fused-ring (bicyclic) bond motifs is 1. The van der Waals surface area contributed by atoms with Crippen LogP contribution in [0.2, 0.25) is 0 Å². The molecule has 0 fully saturated rings. The van der Waals surface area contributed by atoms with E-state index in [1.54, 1.807) is 22.7 Å². The van der Waals surface area contributed by atoms with Gasteiger partial charge in [0.2, 0.25) is 0 Å². The quantitative estimate of drug-likeness (QED) is 0.749. The van der Waals surface area contributed by atoms with Gasteiger partial charge in [-0.1, -0.05) is 6.07 Å². The number of aromatic nitrogens is 1. The number of furan rings is 1. The van der Waals surface area contributed by atoms with Crippen molar-refractivity contribution in [1.29, 1.82) is 0 Å². The van der Waals surface area contributed by atoms with Crippen molar-refractivity contribution in [3.05, 3.63) is 54.0 Å². The van der Waals surface area contributed by atoms with E-state index >= 15 is 0 Å². The lowest BCUT2D eigenvalue weighted by Gasteiger charge is -1.96. The number of hydrogen-bond donors (Lipinski definition) is 1. The summed E-state index contributed by atoms with van der Waals surface area (Å²) in [5, 5.41) is 9.37. The minimum Gasteiger partial charge on any atom is -0.478 e. The van der Waals surface area contributed by atoms with Gasteiger partial charge in [0.1, 0.15) is 11.5 Å². The fraction of sp³-hybridized carbons (Fsp3) is 0.0714. The first-order valence-electron chi connectivity index (χ1n) is 5.56. The molecule has 4 nitrogen and oxygen atoms in total. The molecule has 3 aromatic heterocycles. The van der Waals surface area contributed by atoms with Crippen LogP contribution in [0.5, 0.6) is 0 Å². The molecule has 0 saturated carbocycles. The molecule has 3 aromatic rings. The lowest BCUT2D eigenvalue weighted by Crippen LogP contribution is -1.97. The molecule has 90 valence electrons. The lowest BCUT2D eigenvalue weighted by atomic mass is 10.1. The van der Waals surface area contributed by atoms with E-state index in [-0.39, 0.29) is 5.56 Å². The number of hydrogen-bond acceptors (Lipinski definition) is 2. The van der Waals surface area contributed by atoms with Crippen LogP contribution >= 0.6 is 0 Å². The minimum absolute atomic E-state index is 0.268. The van der Waals surface area contributed by atoms with Gasteiger partial charge in [-0.25, -0.2) is 4.79 Å². The third kappa shape index (κ3) is 1.50. The van der Waals surface area contributed by atoms with Crippen molar-refractivity contribution in [1.82, 2.24) is 4.40 Å². The average Bonchev–Trinajstić information content (AvgIpc) is 2.91. The molecule has 0 aliphatic heterocycles. The molecule has 0 radical (unpaired) electrons. The van der Waals surface area contributed by atoms with E-state index in [1.165, 1.54) is 0 Å². The fourth-order valence-electron chi connectivity index (χ4n) is 2.11. The molecule has 0 unspecified atom stereocenters. The molecule has 0 spiro atoms.